The first-order chi connectivity index (χ1) is 7.72. The number of benzene rings is 1. The fraction of sp³-hybridized carbons (Fsp3) is 0.600. The molecule has 0 bridgehead atoms. The van der Waals surface area contributed by atoms with E-state index >= 15 is 0 Å². The van der Waals surface area contributed by atoms with Crippen LogP contribution in [-0.4, -0.2) is 18.0 Å². The number of rotatable bonds is 2. The fourth-order valence-corrected chi connectivity index (χ4v) is 2.74. The minimum atomic E-state index is 1.02. The molecule has 0 atom stereocenters. The van der Waals surface area contributed by atoms with Crippen LogP contribution in [0.3, 0.4) is 0 Å². The number of aryl methyl sites for hydroxylation is 2. The molecule has 0 saturated heterocycles. The van der Waals surface area contributed by atoms with Crippen molar-refractivity contribution in [2.45, 2.75) is 39.7 Å². The predicted molar refractivity (Wildman–Crippen MR) is 67.6 cm³/mol. The first-order valence-corrected chi connectivity index (χ1v) is 6.54. The molecule has 1 nitrogen and oxygen atoms in total. The molecule has 1 fully saturated rings. The summed E-state index contributed by atoms with van der Waals surface area (Å²) in [5.74, 6) is 1.02. The van der Waals surface area contributed by atoms with Crippen LogP contribution in [-0.2, 0) is 13.0 Å². The van der Waals surface area contributed by atoms with Crippen molar-refractivity contribution in [3.05, 3.63) is 34.4 Å². The van der Waals surface area contributed by atoms with Gasteiger partial charge in [-0.05, 0) is 61.3 Å². The molecule has 2 aliphatic rings. The fourth-order valence-electron chi connectivity index (χ4n) is 2.74. The minimum absolute atomic E-state index is 1.02. The molecule has 1 saturated carbocycles. The molecule has 0 unspecified atom stereocenters. The van der Waals surface area contributed by atoms with E-state index in [9.17, 15) is 0 Å². The highest BCUT2D eigenvalue weighted by molar-refractivity contribution is 5.38. The number of nitrogens with zero attached hydrogens (tertiary/aromatic N) is 1. The van der Waals surface area contributed by atoms with Gasteiger partial charge in [0, 0.05) is 19.6 Å². The van der Waals surface area contributed by atoms with Gasteiger partial charge in [-0.3, -0.25) is 4.90 Å². The first-order valence-electron chi connectivity index (χ1n) is 6.54. The lowest BCUT2D eigenvalue weighted by Crippen LogP contribution is -2.32. The van der Waals surface area contributed by atoms with Gasteiger partial charge in [0.15, 0.2) is 0 Å². The summed E-state index contributed by atoms with van der Waals surface area (Å²) in [5.41, 5.74) is 6.08. The lowest BCUT2D eigenvalue weighted by molar-refractivity contribution is 0.244. The average Bonchev–Trinajstić information content (AvgIpc) is 3.04. The molecule has 86 valence electrons. The van der Waals surface area contributed by atoms with Crippen LogP contribution in [0.15, 0.2) is 12.1 Å². The van der Waals surface area contributed by atoms with Crippen LogP contribution in [0.1, 0.15) is 35.1 Å². The molecule has 1 heterocycles. The molecule has 16 heavy (non-hydrogen) atoms. The summed E-state index contributed by atoms with van der Waals surface area (Å²) in [4.78, 5) is 2.65. The predicted octanol–water partition coefficient (Wildman–Crippen LogP) is 3.07. The van der Waals surface area contributed by atoms with E-state index in [1.807, 2.05) is 0 Å². The molecule has 3 rings (SSSR count). The number of hydrogen-bond donors (Lipinski definition) is 0. The topological polar surface area (TPSA) is 3.24 Å². The summed E-state index contributed by atoms with van der Waals surface area (Å²) >= 11 is 0. The van der Waals surface area contributed by atoms with Crippen molar-refractivity contribution in [3.63, 3.8) is 0 Å². The van der Waals surface area contributed by atoms with E-state index in [4.69, 9.17) is 0 Å². The van der Waals surface area contributed by atoms with Gasteiger partial charge in [0.05, 0.1) is 0 Å². The molecule has 0 aromatic heterocycles. The molecule has 1 heteroatoms. The lowest BCUT2D eigenvalue weighted by Gasteiger charge is -2.29. The highest BCUT2D eigenvalue weighted by Gasteiger charge is 2.26. The van der Waals surface area contributed by atoms with Crippen LogP contribution < -0.4 is 0 Å². The minimum Gasteiger partial charge on any atom is -0.298 e. The van der Waals surface area contributed by atoms with E-state index in [0.717, 1.165) is 5.92 Å². The van der Waals surface area contributed by atoms with E-state index in [1.165, 1.54) is 50.0 Å². The van der Waals surface area contributed by atoms with Crippen molar-refractivity contribution in [2.24, 2.45) is 5.92 Å². The van der Waals surface area contributed by atoms with Crippen LogP contribution in [0, 0.1) is 19.8 Å². The van der Waals surface area contributed by atoms with Gasteiger partial charge in [-0.15, -0.1) is 0 Å². The normalized spacial score (nSPS) is 20.9. The van der Waals surface area contributed by atoms with Crippen molar-refractivity contribution in [2.75, 3.05) is 13.1 Å². The second-order valence-electron chi connectivity index (χ2n) is 5.63. The molecule has 1 aliphatic heterocycles. The van der Waals surface area contributed by atoms with Gasteiger partial charge in [0.1, 0.15) is 0 Å². The van der Waals surface area contributed by atoms with Crippen molar-refractivity contribution >= 4 is 0 Å². The number of fused-ring (bicyclic) bond motifs is 1. The van der Waals surface area contributed by atoms with Crippen LogP contribution in [0.2, 0.25) is 0 Å². The summed E-state index contributed by atoms with van der Waals surface area (Å²) in [5, 5.41) is 0. The van der Waals surface area contributed by atoms with Gasteiger partial charge in [-0.1, -0.05) is 12.1 Å². The summed E-state index contributed by atoms with van der Waals surface area (Å²) in [6.45, 7) is 8.26. The van der Waals surface area contributed by atoms with E-state index < -0.39 is 0 Å². The van der Waals surface area contributed by atoms with E-state index in [2.05, 4.69) is 30.9 Å². The SMILES string of the molecule is Cc1cc2c(cc1C)CN(CC1CC1)CC2. The monoisotopic (exact) mass is 215 g/mol. The zero-order valence-electron chi connectivity index (χ0n) is 10.4. The Labute approximate surface area is 98.5 Å². The maximum Gasteiger partial charge on any atom is 0.0236 e. The Bertz CT molecular complexity index is 404. The second kappa shape index (κ2) is 3.89. The van der Waals surface area contributed by atoms with Crippen molar-refractivity contribution in [1.29, 1.82) is 0 Å². The van der Waals surface area contributed by atoms with Crippen LogP contribution in [0.5, 0.6) is 0 Å². The molecule has 1 aromatic carbocycles. The van der Waals surface area contributed by atoms with Crippen LogP contribution >= 0.6 is 0 Å². The van der Waals surface area contributed by atoms with Crippen LogP contribution in [0.4, 0.5) is 0 Å². The molecule has 0 N–H and O–H groups in total. The van der Waals surface area contributed by atoms with Gasteiger partial charge in [0.2, 0.25) is 0 Å². The Hall–Kier alpha value is -0.820. The van der Waals surface area contributed by atoms with E-state index in [-0.39, 0.29) is 0 Å². The third-order valence-corrected chi connectivity index (χ3v) is 4.12. The largest absolute Gasteiger partial charge is 0.298 e. The van der Waals surface area contributed by atoms with Crippen molar-refractivity contribution in [1.82, 2.24) is 4.90 Å². The van der Waals surface area contributed by atoms with Gasteiger partial charge in [-0.25, -0.2) is 0 Å². The zero-order chi connectivity index (χ0) is 11.1. The summed E-state index contributed by atoms with van der Waals surface area (Å²) in [6.07, 6.45) is 4.19. The maximum atomic E-state index is 2.65. The van der Waals surface area contributed by atoms with Gasteiger partial charge >= 0.3 is 0 Å². The van der Waals surface area contributed by atoms with Crippen molar-refractivity contribution in [3.8, 4) is 0 Å². The molecule has 0 radical (unpaired) electrons. The highest BCUT2D eigenvalue weighted by atomic mass is 15.1. The summed E-state index contributed by atoms with van der Waals surface area (Å²) in [7, 11) is 0. The maximum absolute atomic E-state index is 2.65. The Morgan fingerprint density at radius 3 is 2.50 bits per heavy atom. The third kappa shape index (κ3) is 2.01. The standard InChI is InChI=1S/C15H21N/c1-11-7-14-5-6-16(9-13-3-4-13)10-15(14)8-12(11)2/h7-8,13H,3-6,9-10H2,1-2H3. The van der Waals surface area contributed by atoms with Gasteiger partial charge in [-0.2, -0.15) is 0 Å². The van der Waals surface area contributed by atoms with E-state index in [1.54, 1.807) is 11.1 Å². The Morgan fingerprint density at radius 1 is 1.12 bits per heavy atom. The van der Waals surface area contributed by atoms with Gasteiger partial charge in [0.25, 0.3) is 0 Å². The summed E-state index contributed by atoms with van der Waals surface area (Å²) in [6, 6.07) is 4.81. The average molecular weight is 215 g/mol. The molecule has 1 aromatic rings. The van der Waals surface area contributed by atoms with Gasteiger partial charge < -0.3 is 0 Å². The third-order valence-electron chi connectivity index (χ3n) is 4.12. The quantitative estimate of drug-likeness (QED) is 0.733. The van der Waals surface area contributed by atoms with E-state index in [0.29, 0.717) is 0 Å². The first kappa shape index (κ1) is 10.3. The smallest absolute Gasteiger partial charge is 0.0236 e. The lowest BCUT2D eigenvalue weighted by atomic mass is 9.94. The second-order valence-corrected chi connectivity index (χ2v) is 5.63. The Balaban J connectivity index is 1.79. The zero-order valence-corrected chi connectivity index (χ0v) is 10.4. The Kier molecular flexibility index (Phi) is 2.51. The molecular formula is C15H21N. The molecular weight excluding hydrogens is 194 g/mol. The molecule has 1 aliphatic carbocycles. The number of hydrogen-bond acceptors (Lipinski definition) is 1. The summed E-state index contributed by atoms with van der Waals surface area (Å²) < 4.78 is 0. The Morgan fingerprint density at radius 2 is 1.81 bits per heavy atom. The highest BCUT2D eigenvalue weighted by Crippen LogP contribution is 2.31. The van der Waals surface area contributed by atoms with Crippen LogP contribution in [0.25, 0.3) is 0 Å². The molecule has 0 amide bonds. The molecule has 0 spiro atoms. The van der Waals surface area contributed by atoms with Crippen molar-refractivity contribution < 1.29 is 0 Å².